The Labute approximate surface area is 94.2 Å². The molecule has 0 heterocycles. The van der Waals surface area contributed by atoms with Gasteiger partial charge in [-0.15, -0.1) is 0 Å². The van der Waals surface area contributed by atoms with Crippen molar-refractivity contribution in [1.82, 2.24) is 0 Å². The zero-order valence-corrected chi connectivity index (χ0v) is 9.72. The van der Waals surface area contributed by atoms with Crippen LogP contribution in [-0.4, -0.2) is 19.3 Å². The van der Waals surface area contributed by atoms with Crippen LogP contribution in [0.25, 0.3) is 0 Å². The summed E-state index contributed by atoms with van der Waals surface area (Å²) >= 11 is 0. The summed E-state index contributed by atoms with van der Waals surface area (Å²) in [5.41, 5.74) is -0.129. The van der Waals surface area contributed by atoms with E-state index in [2.05, 4.69) is 4.72 Å². The minimum absolute atomic E-state index is 0.0422. The van der Waals surface area contributed by atoms with Gasteiger partial charge in [0.15, 0.2) is 0 Å². The number of hydrogen-bond acceptors (Lipinski definition) is 3. The zero-order valence-electron chi connectivity index (χ0n) is 8.90. The van der Waals surface area contributed by atoms with Crippen molar-refractivity contribution in [3.63, 3.8) is 0 Å². The minimum atomic E-state index is -3.51. The molecular weight excluding hydrogens is 233 g/mol. The summed E-state index contributed by atoms with van der Waals surface area (Å²) < 4.78 is 37.9. The second-order valence-corrected chi connectivity index (χ2v) is 5.28. The number of hydrogen-bond donors (Lipinski definition) is 2. The van der Waals surface area contributed by atoms with Crippen LogP contribution in [0.1, 0.15) is 19.8 Å². The first-order valence-corrected chi connectivity index (χ1v) is 6.59. The highest BCUT2D eigenvalue weighted by atomic mass is 32.2. The van der Waals surface area contributed by atoms with Gasteiger partial charge in [-0.05, 0) is 18.6 Å². The molecule has 0 atom stereocenters. The molecule has 6 heteroatoms. The zero-order chi connectivity index (χ0) is 12.2. The molecule has 4 nitrogen and oxygen atoms in total. The van der Waals surface area contributed by atoms with Crippen LogP contribution in [-0.2, 0) is 10.0 Å². The monoisotopic (exact) mass is 247 g/mol. The van der Waals surface area contributed by atoms with Gasteiger partial charge in [-0.3, -0.25) is 4.72 Å². The lowest BCUT2D eigenvalue weighted by Crippen LogP contribution is -2.16. The van der Waals surface area contributed by atoms with E-state index >= 15 is 0 Å². The average Bonchev–Trinajstić information content (AvgIpc) is 2.20. The molecule has 90 valence electrons. The highest BCUT2D eigenvalue weighted by Gasteiger charge is 2.12. The summed E-state index contributed by atoms with van der Waals surface area (Å²) in [6, 6.07) is 3.10. The van der Waals surface area contributed by atoms with Gasteiger partial charge in [0.05, 0.1) is 11.4 Å². The molecule has 1 aromatic rings. The van der Waals surface area contributed by atoms with Crippen molar-refractivity contribution in [1.29, 1.82) is 0 Å². The molecule has 1 rings (SSSR count). The molecule has 0 aromatic heterocycles. The quantitative estimate of drug-likeness (QED) is 0.783. The number of nitrogens with one attached hydrogen (secondary N) is 1. The molecule has 0 spiro atoms. The van der Waals surface area contributed by atoms with Gasteiger partial charge >= 0.3 is 0 Å². The van der Waals surface area contributed by atoms with Gasteiger partial charge in [-0.1, -0.05) is 13.3 Å². The van der Waals surface area contributed by atoms with Crippen molar-refractivity contribution < 1.29 is 17.9 Å². The number of sulfonamides is 1. The number of halogens is 1. The third kappa shape index (κ3) is 3.69. The van der Waals surface area contributed by atoms with Gasteiger partial charge in [0.25, 0.3) is 0 Å². The number of unbranched alkanes of at least 4 members (excludes halogenated alkanes) is 1. The number of phenolic OH excluding ortho intramolecular Hbond substituents is 1. The Kier molecular flexibility index (Phi) is 4.12. The maximum Gasteiger partial charge on any atom is 0.232 e. The van der Waals surface area contributed by atoms with Crippen LogP contribution in [0.3, 0.4) is 0 Å². The van der Waals surface area contributed by atoms with Gasteiger partial charge in [-0.2, -0.15) is 0 Å². The van der Waals surface area contributed by atoms with Gasteiger partial charge in [0.1, 0.15) is 11.6 Å². The highest BCUT2D eigenvalue weighted by molar-refractivity contribution is 7.92. The van der Waals surface area contributed by atoms with E-state index in [0.29, 0.717) is 6.42 Å². The number of rotatable bonds is 5. The van der Waals surface area contributed by atoms with Crippen LogP contribution in [0.2, 0.25) is 0 Å². The van der Waals surface area contributed by atoms with Crippen LogP contribution in [0, 0.1) is 5.82 Å². The lowest BCUT2D eigenvalue weighted by Gasteiger charge is -2.08. The molecule has 0 amide bonds. The van der Waals surface area contributed by atoms with Crippen molar-refractivity contribution in [3.05, 3.63) is 24.0 Å². The summed E-state index contributed by atoms with van der Waals surface area (Å²) in [4.78, 5) is 0. The topological polar surface area (TPSA) is 66.4 Å². The molecule has 1 aromatic carbocycles. The van der Waals surface area contributed by atoms with E-state index < -0.39 is 15.8 Å². The Morgan fingerprint density at radius 3 is 2.75 bits per heavy atom. The summed E-state index contributed by atoms with van der Waals surface area (Å²) in [5.74, 6) is -0.938. The molecule has 0 radical (unpaired) electrons. The molecule has 0 bridgehead atoms. The molecule has 2 N–H and O–H groups in total. The Morgan fingerprint density at radius 2 is 2.12 bits per heavy atom. The fraction of sp³-hybridized carbons (Fsp3) is 0.400. The van der Waals surface area contributed by atoms with E-state index in [1.165, 1.54) is 0 Å². The first kappa shape index (κ1) is 12.8. The average molecular weight is 247 g/mol. The number of phenols is 1. The van der Waals surface area contributed by atoms with Crippen molar-refractivity contribution >= 4 is 15.7 Å². The molecule has 0 saturated heterocycles. The van der Waals surface area contributed by atoms with Crippen LogP contribution in [0.4, 0.5) is 10.1 Å². The van der Waals surface area contributed by atoms with Gasteiger partial charge in [0.2, 0.25) is 10.0 Å². The first-order chi connectivity index (χ1) is 7.44. The van der Waals surface area contributed by atoms with E-state index in [1.54, 1.807) is 0 Å². The fourth-order valence-corrected chi connectivity index (χ4v) is 2.41. The molecule has 0 fully saturated rings. The summed E-state index contributed by atoms with van der Waals surface area (Å²) in [5, 5.41) is 9.33. The number of benzene rings is 1. The molecule has 0 aliphatic rings. The lowest BCUT2D eigenvalue weighted by atomic mass is 10.3. The second kappa shape index (κ2) is 5.16. The predicted molar refractivity (Wildman–Crippen MR) is 60.4 cm³/mol. The summed E-state index contributed by atoms with van der Waals surface area (Å²) in [7, 11) is -3.51. The molecule has 0 saturated carbocycles. The number of anilines is 1. The van der Waals surface area contributed by atoms with Crippen molar-refractivity contribution in [2.75, 3.05) is 10.5 Å². The SMILES string of the molecule is CCCCS(=O)(=O)Nc1cc(F)ccc1O. The Morgan fingerprint density at radius 1 is 1.44 bits per heavy atom. The third-order valence-corrected chi connectivity index (χ3v) is 3.35. The molecular formula is C10H14FNO3S. The molecule has 0 aliphatic heterocycles. The van der Waals surface area contributed by atoms with E-state index in [9.17, 15) is 17.9 Å². The largest absolute Gasteiger partial charge is 0.506 e. The minimum Gasteiger partial charge on any atom is -0.506 e. The van der Waals surface area contributed by atoms with Crippen molar-refractivity contribution in [2.45, 2.75) is 19.8 Å². The predicted octanol–water partition coefficient (Wildman–Crippen LogP) is 2.07. The summed E-state index contributed by atoms with van der Waals surface area (Å²) in [6.45, 7) is 1.87. The fourth-order valence-electron chi connectivity index (χ4n) is 1.14. The van der Waals surface area contributed by atoms with Crippen LogP contribution >= 0.6 is 0 Å². The van der Waals surface area contributed by atoms with E-state index in [1.807, 2.05) is 6.92 Å². The van der Waals surface area contributed by atoms with Gasteiger partial charge < -0.3 is 5.11 Å². The molecule has 0 unspecified atom stereocenters. The third-order valence-electron chi connectivity index (χ3n) is 1.99. The van der Waals surface area contributed by atoms with Gasteiger partial charge in [0, 0.05) is 6.07 Å². The Bertz CT molecular complexity index is 459. The van der Waals surface area contributed by atoms with Crippen LogP contribution < -0.4 is 4.72 Å². The van der Waals surface area contributed by atoms with Crippen molar-refractivity contribution in [2.24, 2.45) is 0 Å². The lowest BCUT2D eigenvalue weighted by molar-refractivity contribution is 0.475. The normalized spacial score (nSPS) is 11.4. The maximum atomic E-state index is 12.8. The maximum absolute atomic E-state index is 12.8. The van der Waals surface area contributed by atoms with E-state index in [0.717, 1.165) is 24.6 Å². The Balaban J connectivity index is 2.83. The van der Waals surface area contributed by atoms with Crippen LogP contribution in [0.5, 0.6) is 5.75 Å². The Hall–Kier alpha value is -1.30. The summed E-state index contributed by atoms with van der Waals surface area (Å²) in [6.07, 6.45) is 1.27. The standard InChI is InChI=1S/C10H14FNO3S/c1-2-3-6-16(14,15)12-9-7-8(11)4-5-10(9)13/h4-5,7,12-13H,2-3,6H2,1H3. The van der Waals surface area contributed by atoms with E-state index in [-0.39, 0.29) is 17.2 Å². The van der Waals surface area contributed by atoms with E-state index in [4.69, 9.17) is 0 Å². The second-order valence-electron chi connectivity index (χ2n) is 3.44. The molecule has 0 aliphatic carbocycles. The van der Waals surface area contributed by atoms with Crippen LogP contribution in [0.15, 0.2) is 18.2 Å². The number of aromatic hydroxyl groups is 1. The van der Waals surface area contributed by atoms with Gasteiger partial charge in [-0.25, -0.2) is 12.8 Å². The smallest absolute Gasteiger partial charge is 0.232 e. The molecule has 16 heavy (non-hydrogen) atoms. The van der Waals surface area contributed by atoms with Crippen molar-refractivity contribution in [3.8, 4) is 5.75 Å². The highest BCUT2D eigenvalue weighted by Crippen LogP contribution is 2.24. The first-order valence-electron chi connectivity index (χ1n) is 4.93.